The quantitative estimate of drug-likeness (QED) is 0.241. The summed E-state index contributed by atoms with van der Waals surface area (Å²) in [6.07, 6.45) is 0.0963. The minimum Gasteiger partial charge on any atom is -0.497 e. The Morgan fingerprint density at radius 3 is 1.91 bits per heavy atom. The van der Waals surface area contributed by atoms with Crippen LogP contribution in [0, 0.1) is 5.41 Å². The normalized spacial score (nSPS) is 12.0. The van der Waals surface area contributed by atoms with Crippen LogP contribution in [0.2, 0.25) is 0 Å². The molecule has 0 spiro atoms. The summed E-state index contributed by atoms with van der Waals surface area (Å²) in [5.74, 6) is 0.597. The summed E-state index contributed by atoms with van der Waals surface area (Å²) in [6.45, 7) is 24.4. The van der Waals surface area contributed by atoms with Crippen molar-refractivity contribution in [3.8, 4) is 17.1 Å². The molecule has 0 bridgehead atoms. The van der Waals surface area contributed by atoms with Crippen LogP contribution in [-0.2, 0) is 16.0 Å². The third-order valence-electron chi connectivity index (χ3n) is 6.46. The molecule has 45 heavy (non-hydrogen) atoms. The number of carbonyl (C=O) groups excluding carboxylic acids is 2. The van der Waals surface area contributed by atoms with Crippen LogP contribution in [0.25, 0.3) is 33.3 Å². The lowest BCUT2D eigenvalue weighted by molar-refractivity contribution is 0.0520. The summed E-state index contributed by atoms with van der Waals surface area (Å²) < 4.78 is 19.5. The van der Waals surface area contributed by atoms with Gasteiger partial charge >= 0.3 is 12.2 Å². The molecule has 3 aromatic heterocycles. The van der Waals surface area contributed by atoms with Crippen molar-refractivity contribution in [3.05, 3.63) is 36.0 Å². The van der Waals surface area contributed by atoms with Crippen molar-refractivity contribution in [2.24, 2.45) is 5.41 Å². The Balaban J connectivity index is 0.000000790. The van der Waals surface area contributed by atoms with E-state index in [1.54, 1.807) is 33.9 Å². The first-order valence-corrected chi connectivity index (χ1v) is 15.6. The van der Waals surface area contributed by atoms with Crippen LogP contribution in [0.15, 0.2) is 30.3 Å². The maximum Gasteiger partial charge on any atom is 0.435 e. The Morgan fingerprint density at radius 1 is 0.867 bits per heavy atom. The molecule has 10 nitrogen and oxygen atoms in total. The van der Waals surface area contributed by atoms with Crippen molar-refractivity contribution in [1.29, 1.82) is 0 Å². The highest BCUT2D eigenvalue weighted by atomic mass is 16.6. The lowest BCUT2D eigenvalue weighted by atomic mass is 9.94. The van der Waals surface area contributed by atoms with Gasteiger partial charge in [0.2, 0.25) is 0 Å². The summed E-state index contributed by atoms with van der Waals surface area (Å²) in [5, 5.41) is 5.43. The van der Waals surface area contributed by atoms with Gasteiger partial charge in [-0.3, -0.25) is 0 Å². The van der Waals surface area contributed by atoms with Crippen molar-refractivity contribution >= 4 is 34.1 Å². The number of carbonyl (C=O) groups is 2. The van der Waals surface area contributed by atoms with Crippen LogP contribution in [0.1, 0.15) is 95.2 Å². The van der Waals surface area contributed by atoms with Gasteiger partial charge in [-0.25, -0.2) is 14.2 Å². The Labute approximate surface area is 269 Å². The molecule has 1 aromatic carbocycles. The van der Waals surface area contributed by atoms with E-state index in [0.29, 0.717) is 45.6 Å². The lowest BCUT2D eigenvalue weighted by Crippen LogP contribution is -2.28. The van der Waals surface area contributed by atoms with Crippen LogP contribution in [0.3, 0.4) is 0 Å². The largest absolute Gasteiger partial charge is 0.497 e. The molecule has 0 aliphatic rings. The first-order valence-electron chi connectivity index (χ1n) is 15.6. The predicted octanol–water partition coefficient (Wildman–Crippen LogP) is 9.09. The molecule has 0 saturated heterocycles. The van der Waals surface area contributed by atoms with Gasteiger partial charge < -0.3 is 24.1 Å². The number of aromatic nitrogens is 4. The standard InChI is InChI=1S/C27H35N5O5.C6H14.C2H6/c1-26(2,3)36-24(33)31-19-14-18(35-9)11-10-16(19)12-20(31)23-22-21(13-17(28-22)15-30(7)8)32(29-23)25(34)37-27(4,5)6;1-5-6(2,3)4;1-2/h10-14,28H,15H2,1-9H3;5H2,1-4H3;1-2H3. The Bertz CT molecular complexity index is 1590. The molecule has 0 fully saturated rings. The number of fused-ring (bicyclic) bond motifs is 2. The van der Waals surface area contributed by atoms with E-state index >= 15 is 0 Å². The van der Waals surface area contributed by atoms with Crippen LogP contribution in [0.5, 0.6) is 5.75 Å². The molecule has 0 radical (unpaired) electrons. The Hall–Kier alpha value is -3.79. The predicted molar refractivity (Wildman–Crippen MR) is 183 cm³/mol. The number of ether oxygens (including phenoxy) is 3. The molecule has 0 aliphatic carbocycles. The van der Waals surface area contributed by atoms with E-state index in [4.69, 9.17) is 14.2 Å². The number of benzene rings is 1. The first kappa shape index (κ1) is 37.4. The summed E-state index contributed by atoms with van der Waals surface area (Å²) in [7, 11) is 5.49. The average Bonchev–Trinajstić information content (AvgIpc) is 3.58. The van der Waals surface area contributed by atoms with Gasteiger partial charge in [0.1, 0.15) is 22.6 Å². The van der Waals surface area contributed by atoms with Crippen LogP contribution in [0.4, 0.5) is 9.59 Å². The van der Waals surface area contributed by atoms with E-state index in [0.717, 1.165) is 11.1 Å². The van der Waals surface area contributed by atoms with Crippen molar-refractivity contribution in [2.75, 3.05) is 21.2 Å². The SMILES string of the molecule is CC.CCC(C)(C)C.COc1ccc2cc(-c3nn(C(=O)OC(C)(C)C)c4cc(CN(C)C)[nH]c34)n(C(=O)OC(C)(C)C)c2c1. The van der Waals surface area contributed by atoms with Crippen LogP contribution < -0.4 is 4.74 Å². The Kier molecular flexibility index (Phi) is 12.1. The van der Waals surface area contributed by atoms with Gasteiger partial charge in [-0.1, -0.05) is 48.0 Å². The minimum absolute atomic E-state index is 0.423. The number of methoxy groups -OCH3 is 1. The highest BCUT2D eigenvalue weighted by Crippen LogP contribution is 2.35. The molecule has 4 aromatic rings. The topological polar surface area (TPSA) is 104 Å². The summed E-state index contributed by atoms with van der Waals surface area (Å²) in [5.41, 5.74) is 2.67. The summed E-state index contributed by atoms with van der Waals surface area (Å²) in [6, 6.07) is 9.19. The van der Waals surface area contributed by atoms with Gasteiger partial charge in [0.15, 0.2) is 0 Å². The number of rotatable bonds is 4. The number of hydrogen-bond donors (Lipinski definition) is 1. The smallest absolute Gasteiger partial charge is 0.435 e. The molecule has 10 heteroatoms. The van der Waals surface area contributed by atoms with Crippen molar-refractivity contribution < 1.29 is 23.8 Å². The zero-order valence-electron chi connectivity index (χ0n) is 30.1. The monoisotopic (exact) mass is 625 g/mol. The van der Waals surface area contributed by atoms with Crippen molar-refractivity contribution in [3.63, 3.8) is 0 Å². The highest BCUT2D eigenvalue weighted by Gasteiger charge is 2.29. The minimum atomic E-state index is -0.722. The third-order valence-corrected chi connectivity index (χ3v) is 6.46. The zero-order valence-corrected chi connectivity index (χ0v) is 30.1. The number of hydrogen-bond acceptors (Lipinski definition) is 7. The third kappa shape index (κ3) is 10.1. The maximum atomic E-state index is 13.5. The molecule has 0 atom stereocenters. The molecule has 0 unspecified atom stereocenters. The second-order valence-electron chi connectivity index (χ2n) is 14.2. The molecule has 1 N–H and O–H groups in total. The molecule has 0 saturated carbocycles. The summed E-state index contributed by atoms with van der Waals surface area (Å²) >= 11 is 0. The van der Waals surface area contributed by atoms with E-state index in [1.165, 1.54) is 15.7 Å². The van der Waals surface area contributed by atoms with Crippen LogP contribution in [-0.4, -0.2) is 68.8 Å². The number of H-pyrrole nitrogens is 1. The van der Waals surface area contributed by atoms with Gasteiger partial charge in [0.05, 0.1) is 29.4 Å². The second kappa shape index (κ2) is 14.5. The van der Waals surface area contributed by atoms with Crippen molar-refractivity contribution in [2.45, 2.75) is 107 Å². The average molecular weight is 626 g/mol. The van der Waals surface area contributed by atoms with Crippen molar-refractivity contribution in [1.82, 2.24) is 24.2 Å². The fraction of sp³-hybridized carbons (Fsp3) is 0.571. The molecule has 0 amide bonds. The van der Waals surface area contributed by atoms with Gasteiger partial charge in [0.25, 0.3) is 0 Å². The van der Waals surface area contributed by atoms with E-state index in [-0.39, 0.29) is 0 Å². The maximum absolute atomic E-state index is 13.5. The number of aromatic amines is 1. The first-order chi connectivity index (χ1) is 20.7. The number of nitrogens with one attached hydrogen (secondary N) is 1. The van der Waals surface area contributed by atoms with Gasteiger partial charge in [-0.05, 0) is 85.3 Å². The van der Waals surface area contributed by atoms with Crippen LogP contribution >= 0.6 is 0 Å². The Morgan fingerprint density at radius 2 is 1.42 bits per heavy atom. The second-order valence-corrected chi connectivity index (χ2v) is 14.2. The molecule has 4 rings (SSSR count). The lowest BCUT2D eigenvalue weighted by Gasteiger charge is -2.21. The number of nitrogens with zero attached hydrogens (tertiary/aromatic N) is 4. The molecule has 3 heterocycles. The summed E-state index contributed by atoms with van der Waals surface area (Å²) in [4.78, 5) is 32.1. The zero-order chi connectivity index (χ0) is 34.5. The van der Waals surface area contributed by atoms with Gasteiger partial charge in [-0.15, -0.1) is 0 Å². The fourth-order valence-electron chi connectivity index (χ4n) is 4.09. The molecule has 250 valence electrons. The van der Waals surface area contributed by atoms with E-state index in [1.807, 2.05) is 77.9 Å². The van der Waals surface area contributed by atoms with E-state index < -0.39 is 23.4 Å². The highest BCUT2D eigenvalue weighted by molar-refractivity contribution is 6.02. The van der Waals surface area contributed by atoms with Gasteiger partial charge in [0, 0.05) is 23.7 Å². The van der Waals surface area contributed by atoms with Gasteiger partial charge in [-0.2, -0.15) is 9.78 Å². The molecular formula is C35H55N5O5. The van der Waals surface area contributed by atoms with E-state index in [2.05, 4.69) is 37.8 Å². The fourth-order valence-corrected chi connectivity index (χ4v) is 4.09. The molecule has 0 aliphatic heterocycles. The molecular weight excluding hydrogens is 570 g/mol. The van der Waals surface area contributed by atoms with E-state index in [9.17, 15) is 9.59 Å².